The molecule has 4 heterocycles. The average molecular weight is 1150 g/mol. The first-order valence-electron chi connectivity index (χ1n) is 25.3. The van der Waals surface area contributed by atoms with Crippen LogP contribution >= 0.6 is 38.6 Å². The Morgan fingerprint density at radius 1 is 0.662 bits per heavy atom. The van der Waals surface area contributed by atoms with E-state index < -0.39 is 18.8 Å². The molecular weight excluding hydrogens is 1100 g/mol. The number of carbonyl (C=O) groups is 1. The SMILES string of the molecule is O=C1CCC(OCc2c(C3CC3)cnn2-c2ccccc2OC(F)F)CC1.[C-]#[N+]c1ccc2nc(Br)sc2c1.[C-]#[N+]c1ccc2nc(C3(O)CCC(OCc4c(C5CC5)cnn4-c4ccccc4OC(F)F)CC3)sc2c1. The van der Waals surface area contributed by atoms with Gasteiger partial charge in [0.15, 0.2) is 26.8 Å². The number of Topliss-reactive ketones (excluding diaryl/α,β-unsaturated/α-hetero) is 1. The van der Waals surface area contributed by atoms with Crippen LogP contribution in [0.5, 0.6) is 11.5 Å². The number of thiazole rings is 2. The van der Waals surface area contributed by atoms with Crippen molar-refractivity contribution in [2.24, 2.45) is 0 Å². The number of para-hydroxylation sites is 4. The number of carbonyl (C=O) groups excluding carboxylic acids is 1. The van der Waals surface area contributed by atoms with Crippen molar-refractivity contribution in [3.05, 3.63) is 152 Å². The molecule has 0 radical (unpaired) electrons. The average Bonchev–Trinajstić information content (AvgIpc) is 4.35. The van der Waals surface area contributed by atoms with E-state index in [1.165, 1.54) is 23.5 Å². The molecule has 0 bridgehead atoms. The van der Waals surface area contributed by atoms with Crippen LogP contribution in [0.3, 0.4) is 0 Å². The standard InChI is InChI=1S/C28H26F2N4O3S.C20H22F2N2O3.C8H3BrN2S/c1-31-18-8-9-21-25(14-18)38-26(33-21)28(35)12-10-19(11-13-28)36-16-23-20(17-6-7-17)15-32-34(23)22-4-2-3-5-24(22)37-27(29)30;21-20(22)27-19-4-2-1-3-17(19)24-18(16(11-23-24)13-5-6-13)12-26-15-9-7-14(25)8-10-15;1-10-5-2-3-6-7(4-5)12-8(9)11-6/h2-5,8-9,14-15,17,19,27,35H,6-7,10-13,16H2;1-4,11,13,15,20H,5-10,12H2;2-4H. The summed E-state index contributed by atoms with van der Waals surface area (Å²) >= 11 is 6.28. The van der Waals surface area contributed by atoms with E-state index in [0.717, 1.165) is 85.4 Å². The van der Waals surface area contributed by atoms with Crippen molar-refractivity contribution in [1.82, 2.24) is 29.5 Å². The van der Waals surface area contributed by atoms with E-state index in [1.54, 1.807) is 75.4 Å². The minimum Gasteiger partial charge on any atom is -0.433 e. The summed E-state index contributed by atoms with van der Waals surface area (Å²) in [7, 11) is 0. The van der Waals surface area contributed by atoms with Crippen LogP contribution < -0.4 is 9.47 Å². The highest BCUT2D eigenvalue weighted by atomic mass is 79.9. The summed E-state index contributed by atoms with van der Waals surface area (Å²) in [5.41, 5.74) is 6.78. The quantitative estimate of drug-likeness (QED) is 0.0778. The van der Waals surface area contributed by atoms with Crippen LogP contribution in [0.4, 0.5) is 28.9 Å². The van der Waals surface area contributed by atoms with Gasteiger partial charge in [-0.2, -0.15) is 27.8 Å². The molecule has 1 N–H and O–H groups in total. The van der Waals surface area contributed by atoms with Gasteiger partial charge in [0.2, 0.25) is 0 Å². The van der Waals surface area contributed by atoms with E-state index in [0.29, 0.717) is 91.3 Å². The zero-order valence-electron chi connectivity index (χ0n) is 41.4. The van der Waals surface area contributed by atoms with Crippen LogP contribution in [0.15, 0.2) is 101 Å². The van der Waals surface area contributed by atoms with Crippen molar-refractivity contribution in [3.63, 3.8) is 0 Å². The molecule has 0 amide bonds. The molecule has 0 saturated heterocycles. The molecule has 77 heavy (non-hydrogen) atoms. The molecule has 0 atom stereocenters. The van der Waals surface area contributed by atoms with E-state index >= 15 is 0 Å². The van der Waals surface area contributed by atoms with E-state index in [2.05, 4.69) is 50.5 Å². The maximum Gasteiger partial charge on any atom is 0.387 e. The molecule has 0 spiro atoms. The van der Waals surface area contributed by atoms with E-state index in [4.69, 9.17) is 27.4 Å². The number of ether oxygens (including phenoxy) is 4. The molecule has 4 fully saturated rings. The molecule has 12 rings (SSSR count). The zero-order chi connectivity index (χ0) is 53.6. The monoisotopic (exact) mass is 1150 g/mol. The summed E-state index contributed by atoms with van der Waals surface area (Å²) in [5.74, 6) is 1.30. The third-order valence-corrected chi connectivity index (χ3v) is 16.7. The fourth-order valence-corrected chi connectivity index (χ4v) is 12.2. The van der Waals surface area contributed by atoms with Crippen LogP contribution in [-0.2, 0) is 33.1 Å². The minimum absolute atomic E-state index is 0.0469. The second-order valence-electron chi connectivity index (χ2n) is 19.3. The van der Waals surface area contributed by atoms with Gasteiger partial charge in [0.25, 0.3) is 0 Å². The summed E-state index contributed by atoms with van der Waals surface area (Å²) in [4.78, 5) is 27.1. The fraction of sp³-hybridized carbons (Fsp3) is 0.375. The molecule has 398 valence electrons. The third-order valence-electron chi connectivity index (χ3n) is 14.0. The highest BCUT2D eigenvalue weighted by molar-refractivity contribution is 9.11. The number of hydrogen-bond donors (Lipinski definition) is 1. The number of benzene rings is 4. The number of fused-ring (bicyclic) bond motifs is 2. The molecule has 0 unspecified atom stereocenters. The van der Waals surface area contributed by atoms with Gasteiger partial charge in [-0.05, 0) is 152 Å². The van der Waals surface area contributed by atoms with Gasteiger partial charge in [-0.15, -0.1) is 22.7 Å². The summed E-state index contributed by atoms with van der Waals surface area (Å²) in [6, 6.07) is 24.2. The highest BCUT2D eigenvalue weighted by Gasteiger charge is 2.39. The van der Waals surface area contributed by atoms with Crippen LogP contribution in [0.1, 0.15) is 116 Å². The highest BCUT2D eigenvalue weighted by Crippen LogP contribution is 2.46. The summed E-state index contributed by atoms with van der Waals surface area (Å²) in [6.07, 6.45) is 12.9. The van der Waals surface area contributed by atoms with Crippen molar-refractivity contribution >= 4 is 76.2 Å². The molecule has 4 aromatic heterocycles. The van der Waals surface area contributed by atoms with Gasteiger partial charge < -0.3 is 24.1 Å². The molecule has 14 nitrogen and oxygen atoms in total. The lowest BCUT2D eigenvalue weighted by atomic mass is 9.83. The second-order valence-corrected chi connectivity index (χ2v) is 22.6. The molecule has 4 aliphatic rings. The van der Waals surface area contributed by atoms with Crippen LogP contribution in [0, 0.1) is 13.1 Å². The minimum atomic E-state index is -2.93. The van der Waals surface area contributed by atoms with Crippen molar-refractivity contribution in [1.29, 1.82) is 0 Å². The molecular formula is C56H51BrF4N8O6S2. The maximum atomic E-state index is 13.0. The molecule has 4 saturated carbocycles. The summed E-state index contributed by atoms with van der Waals surface area (Å²) < 4.78 is 79.6. The zero-order valence-corrected chi connectivity index (χ0v) is 44.6. The number of aromatic nitrogens is 6. The first kappa shape index (κ1) is 53.8. The van der Waals surface area contributed by atoms with Gasteiger partial charge in [0.05, 0.1) is 73.4 Å². The van der Waals surface area contributed by atoms with E-state index in [9.17, 15) is 27.5 Å². The number of rotatable bonds is 15. The summed E-state index contributed by atoms with van der Waals surface area (Å²) in [6.45, 7) is 8.84. The number of hydrogen-bond acceptors (Lipinski definition) is 12. The first-order valence-corrected chi connectivity index (χ1v) is 27.7. The summed E-state index contributed by atoms with van der Waals surface area (Å²) in [5, 5.41) is 21.1. The van der Waals surface area contributed by atoms with E-state index in [-0.39, 0.29) is 29.5 Å². The number of nitrogens with zero attached hydrogens (tertiary/aromatic N) is 8. The van der Waals surface area contributed by atoms with Crippen LogP contribution in [-0.4, -0.2) is 65.8 Å². The lowest BCUT2D eigenvalue weighted by Crippen LogP contribution is -2.34. The molecule has 4 aromatic carbocycles. The van der Waals surface area contributed by atoms with Gasteiger partial charge in [0.1, 0.15) is 27.8 Å². The molecule has 21 heteroatoms. The lowest BCUT2D eigenvalue weighted by Gasteiger charge is -2.34. The van der Waals surface area contributed by atoms with Gasteiger partial charge >= 0.3 is 13.2 Å². The molecule has 0 aliphatic heterocycles. The Balaban J connectivity index is 0.000000149. The maximum absolute atomic E-state index is 13.0. The van der Waals surface area contributed by atoms with Crippen molar-refractivity contribution in [2.75, 3.05) is 0 Å². The Kier molecular flexibility index (Phi) is 16.7. The topological polar surface area (TPSA) is 144 Å². The largest absolute Gasteiger partial charge is 0.433 e. The third kappa shape index (κ3) is 13.1. The smallest absolute Gasteiger partial charge is 0.387 e. The normalized spacial score (nSPS) is 18.6. The van der Waals surface area contributed by atoms with Crippen molar-refractivity contribution in [2.45, 2.75) is 133 Å². The van der Waals surface area contributed by atoms with E-state index in [1.807, 2.05) is 30.5 Å². The molecule has 4 aliphatic carbocycles. The number of halogens is 5. The van der Waals surface area contributed by atoms with Crippen LogP contribution in [0.25, 0.3) is 41.5 Å². The van der Waals surface area contributed by atoms with Gasteiger partial charge in [-0.25, -0.2) is 29.0 Å². The lowest BCUT2D eigenvalue weighted by molar-refractivity contribution is -0.123. The molecule has 8 aromatic rings. The second kappa shape index (κ2) is 24.0. The first-order chi connectivity index (χ1) is 37.3. The van der Waals surface area contributed by atoms with Crippen molar-refractivity contribution in [3.8, 4) is 22.9 Å². The number of aliphatic hydroxyl groups is 1. The number of alkyl halides is 4. The Morgan fingerprint density at radius 3 is 1.61 bits per heavy atom. The van der Waals surface area contributed by atoms with Crippen molar-refractivity contribution < 1.29 is 46.4 Å². The fourth-order valence-electron chi connectivity index (χ4n) is 9.66. The Labute approximate surface area is 457 Å². The Morgan fingerprint density at radius 2 is 1.13 bits per heavy atom. The van der Waals surface area contributed by atoms with Gasteiger partial charge in [-0.1, -0.05) is 36.4 Å². The van der Waals surface area contributed by atoms with Crippen LogP contribution in [0.2, 0.25) is 0 Å². The number of ketones is 1. The predicted molar refractivity (Wildman–Crippen MR) is 287 cm³/mol. The predicted octanol–water partition coefficient (Wildman–Crippen LogP) is 14.8. The van der Waals surface area contributed by atoms with Gasteiger partial charge in [-0.3, -0.25) is 4.79 Å². The Bertz CT molecular complexity index is 3450. The van der Waals surface area contributed by atoms with Gasteiger partial charge in [0, 0.05) is 22.2 Å². The Hall–Kier alpha value is -6.59.